The molecule has 3 N–H and O–H groups in total. The number of hydrogen-bond donors (Lipinski definition) is 3. The van der Waals surface area contributed by atoms with Crippen LogP contribution in [0.5, 0.6) is 0 Å². The Bertz CT molecular complexity index is 1430. The molecule has 1 atom stereocenters. The molecular formula is C29H31FN6O4S. The lowest BCUT2D eigenvalue weighted by Crippen LogP contribution is -2.44. The van der Waals surface area contributed by atoms with Crippen LogP contribution in [0.1, 0.15) is 23.5 Å². The monoisotopic (exact) mass is 578 g/mol. The number of carbonyl (C=O) groups is 1. The molecule has 1 amide bonds. The Kier molecular flexibility index (Phi) is 8.61. The zero-order chi connectivity index (χ0) is 28.0. The van der Waals surface area contributed by atoms with E-state index in [1.807, 2.05) is 17.5 Å². The highest BCUT2D eigenvalue weighted by Crippen LogP contribution is 2.30. The molecule has 1 aromatic carbocycles. The highest BCUT2D eigenvalue weighted by atomic mass is 32.1. The molecule has 6 rings (SSSR count). The summed E-state index contributed by atoms with van der Waals surface area (Å²) in [6, 6.07) is 12.0. The summed E-state index contributed by atoms with van der Waals surface area (Å²) in [6.07, 6.45) is 3.54. The molecule has 2 saturated heterocycles. The molecule has 2 aliphatic rings. The van der Waals surface area contributed by atoms with Crippen molar-refractivity contribution in [3.63, 3.8) is 0 Å². The van der Waals surface area contributed by atoms with Crippen molar-refractivity contribution in [2.24, 2.45) is 5.92 Å². The molecule has 41 heavy (non-hydrogen) atoms. The first-order valence-electron chi connectivity index (χ1n) is 13.7. The second-order valence-electron chi connectivity index (χ2n) is 9.99. The van der Waals surface area contributed by atoms with Crippen LogP contribution < -0.4 is 10.6 Å². The van der Waals surface area contributed by atoms with Gasteiger partial charge in [-0.2, -0.15) is 0 Å². The van der Waals surface area contributed by atoms with Crippen molar-refractivity contribution in [2.45, 2.75) is 38.2 Å². The smallest absolute Gasteiger partial charge is 0.227 e. The molecule has 0 aliphatic carbocycles. The molecule has 1 unspecified atom stereocenters. The third-order valence-electron chi connectivity index (χ3n) is 7.01. The van der Waals surface area contributed by atoms with Crippen LogP contribution in [0.15, 0.2) is 54.0 Å². The number of halogens is 1. The van der Waals surface area contributed by atoms with Crippen LogP contribution in [0.2, 0.25) is 0 Å². The quantitative estimate of drug-likeness (QED) is 0.256. The first-order chi connectivity index (χ1) is 20.1. The molecule has 3 aromatic heterocycles. The number of thiophene rings is 1. The summed E-state index contributed by atoms with van der Waals surface area (Å²) in [7, 11) is 0. The molecule has 2 fully saturated rings. The van der Waals surface area contributed by atoms with Gasteiger partial charge in [-0.05, 0) is 54.6 Å². The fourth-order valence-corrected chi connectivity index (χ4v) is 5.46. The van der Waals surface area contributed by atoms with E-state index in [0.29, 0.717) is 48.4 Å². The van der Waals surface area contributed by atoms with Crippen LogP contribution in [-0.2, 0) is 32.0 Å². The first kappa shape index (κ1) is 27.5. The molecule has 214 valence electrons. The number of imidazole rings is 1. The number of carbonyl (C=O) groups excluding carboxylic acids is 1. The number of nitrogens with one attached hydrogen (secondary N) is 3. The summed E-state index contributed by atoms with van der Waals surface area (Å²) in [4.78, 5) is 31.0. The number of rotatable bonds is 10. The zero-order valence-corrected chi connectivity index (χ0v) is 23.2. The van der Waals surface area contributed by atoms with Gasteiger partial charge in [0.05, 0.1) is 55.3 Å². The van der Waals surface area contributed by atoms with E-state index in [1.165, 1.54) is 17.0 Å². The Morgan fingerprint density at radius 1 is 1.10 bits per heavy atom. The van der Waals surface area contributed by atoms with Crippen molar-refractivity contribution >= 4 is 23.2 Å². The Morgan fingerprint density at radius 2 is 1.95 bits per heavy atom. The van der Waals surface area contributed by atoms with Gasteiger partial charge in [-0.15, -0.1) is 11.3 Å². The van der Waals surface area contributed by atoms with E-state index >= 15 is 0 Å². The van der Waals surface area contributed by atoms with E-state index in [9.17, 15) is 9.18 Å². The van der Waals surface area contributed by atoms with Gasteiger partial charge < -0.3 is 29.8 Å². The van der Waals surface area contributed by atoms with E-state index in [0.717, 1.165) is 25.0 Å². The van der Waals surface area contributed by atoms with Gasteiger partial charge in [-0.25, -0.2) is 19.3 Å². The topological polar surface area (TPSA) is 123 Å². The van der Waals surface area contributed by atoms with Gasteiger partial charge in [-0.1, -0.05) is 6.07 Å². The second-order valence-corrected chi connectivity index (χ2v) is 11.0. The molecule has 10 nitrogen and oxygen atoms in total. The maximum absolute atomic E-state index is 13.7. The number of nitrogens with zero attached hydrogens (tertiary/aromatic N) is 3. The van der Waals surface area contributed by atoms with E-state index in [2.05, 4.69) is 20.6 Å². The van der Waals surface area contributed by atoms with Crippen LogP contribution in [0, 0.1) is 11.7 Å². The highest BCUT2D eigenvalue weighted by Gasteiger charge is 2.29. The second kappa shape index (κ2) is 12.9. The summed E-state index contributed by atoms with van der Waals surface area (Å²) >= 11 is 1.66. The van der Waals surface area contributed by atoms with E-state index in [4.69, 9.17) is 24.2 Å². The van der Waals surface area contributed by atoms with Gasteiger partial charge in [-0.3, -0.25) is 4.79 Å². The molecule has 0 saturated carbocycles. The number of aromatic nitrogens is 4. The number of ether oxygens (including phenoxy) is 3. The molecule has 2 aliphatic heterocycles. The highest BCUT2D eigenvalue weighted by molar-refractivity contribution is 7.09. The average Bonchev–Trinajstić information content (AvgIpc) is 3.79. The number of benzene rings is 1. The van der Waals surface area contributed by atoms with Gasteiger partial charge >= 0.3 is 0 Å². The minimum Gasteiger partial charge on any atom is -0.376 e. The molecule has 0 bridgehead atoms. The van der Waals surface area contributed by atoms with Crippen molar-refractivity contribution < 1.29 is 23.4 Å². The molecular weight excluding hydrogens is 547 g/mol. The van der Waals surface area contributed by atoms with E-state index in [-0.39, 0.29) is 37.0 Å². The summed E-state index contributed by atoms with van der Waals surface area (Å²) in [5, 5.41) is 8.23. The van der Waals surface area contributed by atoms with Crippen molar-refractivity contribution in [1.29, 1.82) is 0 Å². The predicted molar refractivity (Wildman–Crippen MR) is 152 cm³/mol. The molecule has 0 radical (unpaired) electrons. The fourth-order valence-electron chi connectivity index (χ4n) is 4.82. The zero-order valence-electron chi connectivity index (χ0n) is 22.3. The Morgan fingerprint density at radius 3 is 2.71 bits per heavy atom. The van der Waals surface area contributed by atoms with Crippen molar-refractivity contribution in [3.8, 4) is 22.6 Å². The molecule has 5 heterocycles. The first-order valence-corrected chi connectivity index (χ1v) is 14.6. The van der Waals surface area contributed by atoms with Crippen LogP contribution in [-0.4, -0.2) is 64.6 Å². The summed E-state index contributed by atoms with van der Waals surface area (Å²) < 4.78 is 31.0. The summed E-state index contributed by atoms with van der Waals surface area (Å²) in [5.74, 6) is 0.310. The minimum atomic E-state index is -0.564. The number of hydrogen-bond acceptors (Lipinski definition) is 9. The van der Waals surface area contributed by atoms with Gasteiger partial charge in [0, 0.05) is 29.8 Å². The largest absolute Gasteiger partial charge is 0.376 e. The third-order valence-corrected chi connectivity index (χ3v) is 7.88. The minimum absolute atomic E-state index is 0.0864. The number of H-pyrrole nitrogens is 1. The predicted octanol–water partition coefficient (Wildman–Crippen LogP) is 4.17. The number of aromatic amines is 1. The Labute approximate surface area is 240 Å². The third kappa shape index (κ3) is 6.96. The summed E-state index contributed by atoms with van der Waals surface area (Å²) in [5.41, 5.74) is 2.68. The standard InChI is InChI=1S/C29H31FN6O4S/c30-20-7-5-18(6-8-20)26-27(23-9-10-31-29(34-23)33-15-22-4-2-12-41-22)36-24(35-26)13-25-39-16-19(17-40-25)28(37)32-14-21-3-1-11-38-21/h2,4-10,12,19,21,25H,1,3,11,13-17H2,(H,32,37)(H,35,36)(H,31,33,34). The van der Waals surface area contributed by atoms with Crippen molar-refractivity contribution in [2.75, 3.05) is 31.7 Å². The number of anilines is 1. The lowest BCUT2D eigenvalue weighted by Gasteiger charge is -2.28. The molecule has 12 heteroatoms. The van der Waals surface area contributed by atoms with Gasteiger partial charge in [0.1, 0.15) is 11.6 Å². The van der Waals surface area contributed by atoms with Crippen molar-refractivity contribution in [1.82, 2.24) is 25.3 Å². The van der Waals surface area contributed by atoms with Gasteiger partial charge in [0.25, 0.3) is 0 Å². The molecule has 0 spiro atoms. The lowest BCUT2D eigenvalue weighted by molar-refractivity contribution is -0.201. The van der Waals surface area contributed by atoms with Crippen LogP contribution in [0.25, 0.3) is 22.6 Å². The van der Waals surface area contributed by atoms with Gasteiger partial charge in [0.2, 0.25) is 11.9 Å². The SMILES string of the molecule is O=C(NCC1CCCO1)C1COC(Cc2nc(-c3ccc(F)cc3)c(-c3ccnc(NCc4cccs4)n3)[nH]2)OC1. The normalized spacial score (nSPS) is 20.7. The fraction of sp³-hybridized carbons (Fsp3) is 0.379. The lowest BCUT2D eigenvalue weighted by atomic mass is 10.1. The van der Waals surface area contributed by atoms with Crippen LogP contribution >= 0.6 is 11.3 Å². The van der Waals surface area contributed by atoms with Crippen LogP contribution in [0.4, 0.5) is 10.3 Å². The van der Waals surface area contributed by atoms with E-state index < -0.39 is 6.29 Å². The molecule has 4 aromatic rings. The van der Waals surface area contributed by atoms with Crippen LogP contribution in [0.3, 0.4) is 0 Å². The average molecular weight is 579 g/mol. The Balaban J connectivity index is 1.14. The number of amides is 1. The maximum atomic E-state index is 13.7. The van der Waals surface area contributed by atoms with E-state index in [1.54, 1.807) is 35.7 Å². The maximum Gasteiger partial charge on any atom is 0.227 e. The Hall–Kier alpha value is -3.71. The summed E-state index contributed by atoms with van der Waals surface area (Å²) in [6.45, 7) is 2.38. The van der Waals surface area contributed by atoms with Gasteiger partial charge in [0.15, 0.2) is 6.29 Å². The van der Waals surface area contributed by atoms with Crippen molar-refractivity contribution in [3.05, 3.63) is 70.6 Å².